The molecule has 1 aromatic heterocycles. The molecule has 38 heavy (non-hydrogen) atoms. The summed E-state index contributed by atoms with van der Waals surface area (Å²) in [4.78, 5) is 30.0. The number of halogens is 2. The number of anilines is 2. The Morgan fingerprint density at radius 2 is 1.87 bits per heavy atom. The Kier molecular flexibility index (Phi) is 7.68. The third-order valence-electron chi connectivity index (χ3n) is 6.25. The molecular weight excluding hydrogens is 574 g/mol. The van der Waals surface area contributed by atoms with Crippen molar-refractivity contribution < 1.29 is 14.7 Å². The lowest BCUT2D eigenvalue weighted by Crippen LogP contribution is -2.61. The van der Waals surface area contributed by atoms with E-state index >= 15 is 0 Å². The number of nitrogens with zero attached hydrogens (tertiary/aromatic N) is 6. The molecular formula is C26H23BrClN7O3. The molecule has 2 N–H and O–H groups in total. The smallest absolute Gasteiger partial charge is 0.247 e. The molecule has 3 aromatic carbocycles. The number of carbonyl (C=O) groups excluding carboxylic acids is 2. The van der Waals surface area contributed by atoms with Crippen LogP contribution < -0.4 is 10.2 Å². The van der Waals surface area contributed by atoms with Gasteiger partial charge in [0.05, 0.1) is 24.5 Å². The highest BCUT2D eigenvalue weighted by Gasteiger charge is 2.39. The third-order valence-corrected chi connectivity index (χ3v) is 7.01. The third kappa shape index (κ3) is 5.69. The average molecular weight is 597 g/mol. The number of β-amino-alcohol motifs (C(OH)–C–C–N with tert-alkyl or cyclic N) is 1. The minimum atomic E-state index is -1.11. The number of rotatable bonds is 7. The number of nitrogens with one attached hydrogen (secondary N) is 1. The maximum absolute atomic E-state index is 13.5. The topological polar surface area (TPSA) is 116 Å². The van der Waals surface area contributed by atoms with E-state index in [1.807, 2.05) is 42.5 Å². The standard InChI is InChI=1S/C26H23BrClN7O3/c27-18-6-9-20(10-7-18)30-26(38)23(12-17-4-2-1-3-5-17)34-15-24(36)33(14-25(34)37)22-13-19(28)8-11-21(22)35-16-29-31-32-35/h1-11,13,16,23-24,36H,12,14-15H2,(H,30,38). The summed E-state index contributed by atoms with van der Waals surface area (Å²) in [7, 11) is 0. The second-order valence-electron chi connectivity index (χ2n) is 8.74. The summed E-state index contributed by atoms with van der Waals surface area (Å²) in [6.07, 6.45) is 0.592. The number of piperazine rings is 1. The number of hydrogen-bond donors (Lipinski definition) is 2. The number of amides is 2. The van der Waals surface area contributed by atoms with E-state index in [4.69, 9.17) is 11.6 Å². The molecule has 0 spiro atoms. The van der Waals surface area contributed by atoms with Crippen LogP contribution in [0.3, 0.4) is 0 Å². The van der Waals surface area contributed by atoms with Crippen LogP contribution in [0.1, 0.15) is 5.56 Å². The van der Waals surface area contributed by atoms with Gasteiger partial charge in [0.1, 0.15) is 18.6 Å². The predicted molar refractivity (Wildman–Crippen MR) is 146 cm³/mol. The van der Waals surface area contributed by atoms with Crippen molar-refractivity contribution in [1.82, 2.24) is 25.1 Å². The van der Waals surface area contributed by atoms with Gasteiger partial charge in [0, 0.05) is 21.6 Å². The van der Waals surface area contributed by atoms with E-state index in [-0.39, 0.29) is 31.3 Å². The molecule has 2 atom stereocenters. The zero-order chi connectivity index (χ0) is 26.6. The normalized spacial score (nSPS) is 16.4. The molecule has 1 saturated heterocycles. The largest absolute Gasteiger partial charge is 0.372 e. The fraction of sp³-hybridized carbons (Fsp3) is 0.192. The summed E-state index contributed by atoms with van der Waals surface area (Å²) in [6.45, 7) is -0.265. The monoisotopic (exact) mass is 595 g/mol. The maximum atomic E-state index is 13.5. The zero-order valence-electron chi connectivity index (χ0n) is 20.0. The summed E-state index contributed by atoms with van der Waals surface area (Å²) in [5.74, 6) is -0.660. The molecule has 0 bridgehead atoms. The van der Waals surface area contributed by atoms with E-state index in [0.717, 1.165) is 10.0 Å². The first kappa shape index (κ1) is 25.8. The first-order valence-electron chi connectivity index (χ1n) is 11.8. The zero-order valence-corrected chi connectivity index (χ0v) is 22.3. The fourth-order valence-electron chi connectivity index (χ4n) is 4.40. The van der Waals surface area contributed by atoms with E-state index < -0.39 is 12.3 Å². The molecule has 194 valence electrons. The summed E-state index contributed by atoms with van der Waals surface area (Å²) in [5.41, 5.74) is 2.54. The Labute approximate surface area is 231 Å². The van der Waals surface area contributed by atoms with Crippen molar-refractivity contribution in [3.8, 4) is 5.69 Å². The van der Waals surface area contributed by atoms with Crippen molar-refractivity contribution in [3.05, 3.63) is 94.2 Å². The van der Waals surface area contributed by atoms with Gasteiger partial charge in [-0.15, -0.1) is 5.10 Å². The Bertz CT molecular complexity index is 1420. The van der Waals surface area contributed by atoms with Crippen molar-refractivity contribution in [2.24, 2.45) is 0 Å². The number of hydrogen-bond acceptors (Lipinski definition) is 7. The van der Waals surface area contributed by atoms with Crippen LogP contribution >= 0.6 is 27.5 Å². The fourth-order valence-corrected chi connectivity index (χ4v) is 4.83. The minimum Gasteiger partial charge on any atom is -0.372 e. The minimum absolute atomic E-state index is 0.0916. The number of carbonyl (C=O) groups is 2. The molecule has 1 aliphatic rings. The van der Waals surface area contributed by atoms with Crippen LogP contribution in [-0.2, 0) is 16.0 Å². The first-order chi connectivity index (χ1) is 18.4. The van der Waals surface area contributed by atoms with Gasteiger partial charge >= 0.3 is 0 Å². The highest BCUT2D eigenvalue weighted by molar-refractivity contribution is 9.10. The molecule has 10 nitrogen and oxygen atoms in total. The maximum Gasteiger partial charge on any atom is 0.247 e. The second kappa shape index (κ2) is 11.3. The van der Waals surface area contributed by atoms with Crippen molar-refractivity contribution in [2.75, 3.05) is 23.3 Å². The molecule has 12 heteroatoms. The van der Waals surface area contributed by atoms with Crippen LogP contribution in [-0.4, -0.2) is 67.4 Å². The first-order valence-corrected chi connectivity index (χ1v) is 12.9. The molecule has 0 radical (unpaired) electrons. The molecule has 0 aliphatic carbocycles. The summed E-state index contributed by atoms with van der Waals surface area (Å²) >= 11 is 9.65. The molecule has 2 heterocycles. The van der Waals surface area contributed by atoms with Crippen molar-refractivity contribution >= 4 is 50.7 Å². The second-order valence-corrected chi connectivity index (χ2v) is 10.1. The predicted octanol–water partition coefficient (Wildman–Crippen LogP) is 3.30. The molecule has 2 amide bonds. The Balaban J connectivity index is 1.42. The van der Waals surface area contributed by atoms with Crippen LogP contribution in [0, 0.1) is 0 Å². The van der Waals surface area contributed by atoms with E-state index in [0.29, 0.717) is 22.1 Å². The Hall–Kier alpha value is -3.80. The molecule has 5 rings (SSSR count). The number of aliphatic hydroxyl groups excluding tert-OH is 1. The van der Waals surface area contributed by atoms with Gasteiger partial charge in [-0.1, -0.05) is 57.9 Å². The van der Waals surface area contributed by atoms with Gasteiger partial charge in [-0.05, 0) is 58.5 Å². The summed E-state index contributed by atoms with van der Waals surface area (Å²) in [5, 5.41) is 25.8. The van der Waals surface area contributed by atoms with Gasteiger partial charge in [-0.3, -0.25) is 9.59 Å². The van der Waals surface area contributed by atoms with Gasteiger partial charge in [-0.2, -0.15) is 4.68 Å². The van der Waals surface area contributed by atoms with Crippen molar-refractivity contribution in [1.29, 1.82) is 0 Å². The highest BCUT2D eigenvalue weighted by Crippen LogP contribution is 2.31. The van der Waals surface area contributed by atoms with Gasteiger partial charge in [0.25, 0.3) is 0 Å². The van der Waals surface area contributed by atoms with Crippen molar-refractivity contribution in [3.63, 3.8) is 0 Å². The lowest BCUT2D eigenvalue weighted by molar-refractivity contribution is -0.142. The SMILES string of the molecule is O=C(Nc1ccc(Br)cc1)C(Cc1ccccc1)N1CC(O)N(c2cc(Cl)ccc2-n2cnnn2)CC1=O. The van der Waals surface area contributed by atoms with Crippen LogP contribution in [0.2, 0.25) is 5.02 Å². The van der Waals surface area contributed by atoms with Crippen LogP contribution in [0.25, 0.3) is 5.69 Å². The number of benzene rings is 3. The number of aromatic nitrogens is 4. The van der Waals surface area contributed by atoms with Gasteiger partial charge in [0.2, 0.25) is 11.8 Å². The van der Waals surface area contributed by atoms with E-state index in [2.05, 4.69) is 36.8 Å². The molecule has 2 unspecified atom stereocenters. The van der Waals surface area contributed by atoms with E-state index in [1.54, 1.807) is 30.3 Å². The summed E-state index contributed by atoms with van der Waals surface area (Å²) < 4.78 is 2.31. The molecule has 4 aromatic rings. The molecule has 1 aliphatic heterocycles. The highest BCUT2D eigenvalue weighted by atomic mass is 79.9. The van der Waals surface area contributed by atoms with Crippen LogP contribution in [0.5, 0.6) is 0 Å². The Morgan fingerprint density at radius 3 is 2.58 bits per heavy atom. The van der Waals surface area contributed by atoms with Crippen LogP contribution in [0.15, 0.2) is 83.6 Å². The lowest BCUT2D eigenvalue weighted by atomic mass is 10.0. The number of tetrazole rings is 1. The van der Waals surface area contributed by atoms with E-state index in [1.165, 1.54) is 20.8 Å². The summed E-state index contributed by atoms with van der Waals surface area (Å²) in [6, 6.07) is 20.8. The van der Waals surface area contributed by atoms with E-state index in [9.17, 15) is 14.7 Å². The average Bonchev–Trinajstić information content (AvgIpc) is 3.45. The quantitative estimate of drug-likeness (QED) is 0.336. The van der Waals surface area contributed by atoms with Gasteiger partial charge in [0.15, 0.2) is 0 Å². The molecule has 0 saturated carbocycles. The van der Waals surface area contributed by atoms with Gasteiger partial charge in [-0.25, -0.2) is 0 Å². The van der Waals surface area contributed by atoms with Crippen LogP contribution in [0.4, 0.5) is 11.4 Å². The number of aliphatic hydroxyl groups is 1. The molecule has 1 fully saturated rings. The van der Waals surface area contributed by atoms with Gasteiger partial charge < -0.3 is 20.2 Å². The van der Waals surface area contributed by atoms with Crippen molar-refractivity contribution in [2.45, 2.75) is 18.7 Å². The Morgan fingerprint density at radius 1 is 1.11 bits per heavy atom. The lowest BCUT2D eigenvalue weighted by Gasteiger charge is -2.42.